The molecule has 0 radical (unpaired) electrons. The molecule has 1 aromatic carbocycles. The van der Waals surface area contributed by atoms with E-state index in [-0.39, 0.29) is 17.4 Å². The van der Waals surface area contributed by atoms with Gasteiger partial charge >= 0.3 is 0 Å². The summed E-state index contributed by atoms with van der Waals surface area (Å²) in [5.74, 6) is 0. The lowest BCUT2D eigenvalue weighted by atomic mass is 10.2. The molecule has 0 amide bonds. The lowest BCUT2D eigenvalue weighted by Crippen LogP contribution is -2.30. The molecule has 0 heterocycles. The molecule has 0 aliphatic rings. The molecule has 1 N–H and O–H groups in total. The summed E-state index contributed by atoms with van der Waals surface area (Å²) in [6.07, 6.45) is 1.79. The second kappa shape index (κ2) is 5.62. The van der Waals surface area contributed by atoms with Gasteiger partial charge in [0, 0.05) is 6.04 Å². The molecule has 1 unspecified atom stereocenters. The third-order valence-corrected chi connectivity index (χ3v) is 3.79. The number of nitrogens with zero attached hydrogens (tertiary/aromatic N) is 1. The molecule has 5 heteroatoms. The summed E-state index contributed by atoms with van der Waals surface area (Å²) in [6, 6.07) is 7.94. The third kappa shape index (κ3) is 3.70. The van der Waals surface area contributed by atoms with Gasteiger partial charge in [-0.25, -0.2) is 13.1 Å². The topological polar surface area (TPSA) is 70.0 Å². The molecule has 17 heavy (non-hydrogen) atoms. The summed E-state index contributed by atoms with van der Waals surface area (Å²) < 4.78 is 26.2. The van der Waals surface area contributed by atoms with E-state index in [1.165, 1.54) is 18.2 Å². The van der Waals surface area contributed by atoms with Gasteiger partial charge in [0.1, 0.15) is 0 Å². The smallest absolute Gasteiger partial charge is 0.207 e. The average Bonchev–Trinajstić information content (AvgIpc) is 2.29. The van der Waals surface area contributed by atoms with Gasteiger partial charge in [0.25, 0.3) is 0 Å². The Morgan fingerprint density at radius 1 is 1.47 bits per heavy atom. The lowest BCUT2D eigenvalue weighted by Gasteiger charge is -2.10. The van der Waals surface area contributed by atoms with Gasteiger partial charge in [-0.3, -0.25) is 0 Å². The third-order valence-electron chi connectivity index (χ3n) is 2.21. The molecule has 1 rings (SSSR count). The van der Waals surface area contributed by atoms with Crippen LogP contribution in [0.4, 0.5) is 0 Å². The monoisotopic (exact) mass is 250 g/mol. The van der Waals surface area contributed by atoms with Crippen molar-refractivity contribution in [3.63, 3.8) is 0 Å². The van der Waals surface area contributed by atoms with Crippen molar-refractivity contribution in [3.8, 4) is 6.07 Å². The zero-order valence-electron chi connectivity index (χ0n) is 9.55. The van der Waals surface area contributed by atoms with Crippen LogP contribution in [-0.2, 0) is 16.4 Å². The van der Waals surface area contributed by atoms with E-state index in [4.69, 9.17) is 5.26 Å². The molecule has 0 fully saturated rings. The molecule has 0 saturated carbocycles. The van der Waals surface area contributed by atoms with Crippen LogP contribution < -0.4 is 4.72 Å². The van der Waals surface area contributed by atoms with E-state index >= 15 is 0 Å². The first-order valence-corrected chi connectivity index (χ1v) is 6.58. The fraction of sp³-hybridized carbons (Fsp3) is 0.250. The van der Waals surface area contributed by atoms with E-state index in [0.717, 1.165) is 5.56 Å². The number of benzene rings is 1. The first-order chi connectivity index (χ1) is 7.99. The minimum Gasteiger partial charge on any atom is -0.207 e. The quantitative estimate of drug-likeness (QED) is 0.807. The molecule has 1 aromatic rings. The second-order valence-corrected chi connectivity index (χ2v) is 5.34. The lowest BCUT2D eigenvalue weighted by molar-refractivity contribution is 0.576. The number of hydrogen-bond acceptors (Lipinski definition) is 3. The fourth-order valence-corrected chi connectivity index (χ4v) is 2.45. The predicted octanol–water partition coefficient (Wildman–Crippen LogP) is 1.61. The highest BCUT2D eigenvalue weighted by Gasteiger charge is 2.15. The first kappa shape index (κ1) is 13.4. The Morgan fingerprint density at radius 2 is 2.06 bits per heavy atom. The van der Waals surface area contributed by atoms with Crippen molar-refractivity contribution < 1.29 is 8.42 Å². The van der Waals surface area contributed by atoms with Crippen molar-refractivity contribution in [2.24, 2.45) is 0 Å². The number of sulfonamides is 1. The van der Waals surface area contributed by atoms with Crippen LogP contribution in [0, 0.1) is 11.3 Å². The summed E-state index contributed by atoms with van der Waals surface area (Å²) in [6.45, 7) is 5.22. The van der Waals surface area contributed by atoms with Crippen LogP contribution in [0.5, 0.6) is 0 Å². The summed E-state index contributed by atoms with van der Waals surface area (Å²) in [7, 11) is -3.51. The molecular weight excluding hydrogens is 236 g/mol. The maximum atomic E-state index is 11.8. The molecule has 0 aliphatic carbocycles. The van der Waals surface area contributed by atoms with Gasteiger partial charge < -0.3 is 0 Å². The Kier molecular flexibility index (Phi) is 4.44. The predicted molar refractivity (Wildman–Crippen MR) is 65.7 cm³/mol. The van der Waals surface area contributed by atoms with E-state index < -0.39 is 10.0 Å². The minimum absolute atomic E-state index is 0.188. The second-order valence-electron chi connectivity index (χ2n) is 3.62. The molecule has 0 aliphatic heterocycles. The number of nitrogens with one attached hydrogen (secondary N) is 1. The van der Waals surface area contributed by atoms with Crippen LogP contribution in [0.3, 0.4) is 0 Å². The van der Waals surface area contributed by atoms with Crippen molar-refractivity contribution in [1.82, 2.24) is 4.72 Å². The largest absolute Gasteiger partial charge is 0.241 e. The summed E-state index contributed by atoms with van der Waals surface area (Å²) >= 11 is 0. The van der Waals surface area contributed by atoms with Crippen molar-refractivity contribution in [2.75, 3.05) is 0 Å². The number of rotatable bonds is 5. The molecule has 90 valence electrons. The molecule has 0 spiro atoms. The Balaban J connectivity index is 2.93. The number of hydrogen-bond donors (Lipinski definition) is 1. The van der Waals surface area contributed by atoms with Crippen molar-refractivity contribution >= 4 is 10.0 Å². The Bertz CT molecular complexity index is 527. The number of nitriles is 1. The highest BCUT2D eigenvalue weighted by molar-refractivity contribution is 7.89. The fourth-order valence-electron chi connectivity index (χ4n) is 1.24. The van der Waals surface area contributed by atoms with Gasteiger partial charge in [0.2, 0.25) is 10.0 Å². The Morgan fingerprint density at radius 3 is 2.53 bits per heavy atom. The molecule has 4 nitrogen and oxygen atoms in total. The van der Waals surface area contributed by atoms with Gasteiger partial charge in [-0.05, 0) is 24.6 Å². The van der Waals surface area contributed by atoms with Crippen molar-refractivity contribution in [1.29, 1.82) is 5.26 Å². The highest BCUT2D eigenvalue weighted by atomic mass is 32.2. The molecule has 1 atom stereocenters. The molecular formula is C12H14N2O2S. The van der Waals surface area contributed by atoms with Crippen LogP contribution in [0.1, 0.15) is 12.5 Å². The maximum absolute atomic E-state index is 11.8. The standard InChI is InChI=1S/C12H14N2O2S/c1-3-10(2)14-17(15,16)12-6-4-11(5-7-12)8-9-13/h3-7,10,14H,1,8H2,2H3. The zero-order chi connectivity index (χ0) is 12.9. The van der Waals surface area contributed by atoms with Crippen LogP contribution >= 0.6 is 0 Å². The van der Waals surface area contributed by atoms with Crippen molar-refractivity contribution in [3.05, 3.63) is 42.5 Å². The van der Waals surface area contributed by atoms with Gasteiger partial charge in [0.15, 0.2) is 0 Å². The van der Waals surface area contributed by atoms with E-state index in [1.54, 1.807) is 19.1 Å². The van der Waals surface area contributed by atoms with Crippen LogP contribution in [0.15, 0.2) is 41.8 Å². The average molecular weight is 250 g/mol. The SMILES string of the molecule is C=CC(C)NS(=O)(=O)c1ccc(CC#N)cc1. The summed E-state index contributed by atoms with van der Waals surface area (Å²) in [5.41, 5.74) is 0.795. The van der Waals surface area contributed by atoms with Crippen molar-refractivity contribution in [2.45, 2.75) is 24.3 Å². The first-order valence-electron chi connectivity index (χ1n) is 5.10. The molecule has 0 aromatic heterocycles. The van der Waals surface area contributed by atoms with Gasteiger partial charge in [-0.2, -0.15) is 5.26 Å². The van der Waals surface area contributed by atoms with Crippen LogP contribution in [-0.4, -0.2) is 14.5 Å². The van der Waals surface area contributed by atoms with Crippen LogP contribution in [0.2, 0.25) is 0 Å². The van der Waals surface area contributed by atoms with Crippen LogP contribution in [0.25, 0.3) is 0 Å². The van der Waals surface area contributed by atoms with Gasteiger partial charge in [-0.1, -0.05) is 18.2 Å². The molecule has 0 bridgehead atoms. The van der Waals surface area contributed by atoms with E-state index in [2.05, 4.69) is 11.3 Å². The van der Waals surface area contributed by atoms with E-state index in [0.29, 0.717) is 0 Å². The summed E-state index contributed by atoms with van der Waals surface area (Å²) in [4.78, 5) is 0.188. The molecule has 0 saturated heterocycles. The van der Waals surface area contributed by atoms with Gasteiger partial charge in [0.05, 0.1) is 17.4 Å². The zero-order valence-corrected chi connectivity index (χ0v) is 10.4. The Labute approximate surface area is 102 Å². The highest BCUT2D eigenvalue weighted by Crippen LogP contribution is 2.11. The maximum Gasteiger partial charge on any atom is 0.241 e. The summed E-state index contributed by atoms with van der Waals surface area (Å²) in [5, 5.41) is 8.51. The Hall–Kier alpha value is -1.64. The van der Waals surface area contributed by atoms with E-state index in [9.17, 15) is 8.42 Å². The normalized spacial score (nSPS) is 12.7. The van der Waals surface area contributed by atoms with E-state index in [1.807, 2.05) is 6.07 Å². The van der Waals surface area contributed by atoms with Gasteiger partial charge in [-0.15, -0.1) is 6.58 Å². The minimum atomic E-state index is -3.51.